The number of aromatic nitrogens is 5. The van der Waals surface area contributed by atoms with Gasteiger partial charge in [0.1, 0.15) is 11.4 Å². The smallest absolute Gasteiger partial charge is 0.341 e. The Morgan fingerprint density at radius 2 is 2.08 bits per heavy atom. The van der Waals surface area contributed by atoms with E-state index in [-0.39, 0.29) is 17.3 Å². The lowest BCUT2D eigenvalue weighted by Crippen LogP contribution is -2.11. The number of aromatic carboxylic acids is 1. The zero-order chi connectivity index (χ0) is 16.9. The summed E-state index contributed by atoms with van der Waals surface area (Å²) in [7, 11) is 1.79. The molecule has 0 fully saturated rings. The monoisotopic (exact) mass is 325 g/mol. The van der Waals surface area contributed by atoms with Crippen molar-refractivity contribution in [3.8, 4) is 0 Å². The molecule has 9 nitrogen and oxygen atoms in total. The van der Waals surface area contributed by atoms with Crippen LogP contribution >= 0.6 is 0 Å². The molecule has 3 N–H and O–H groups in total. The molecular formula is C15H15N7O2. The number of carbonyl (C=O) groups is 1. The first kappa shape index (κ1) is 15.4. The van der Waals surface area contributed by atoms with Crippen LogP contribution in [0.1, 0.15) is 15.9 Å². The minimum atomic E-state index is -1.10. The highest BCUT2D eigenvalue weighted by molar-refractivity contribution is 5.93. The summed E-state index contributed by atoms with van der Waals surface area (Å²) in [5, 5.41) is 19.3. The minimum absolute atomic E-state index is 0.000734. The van der Waals surface area contributed by atoms with Crippen LogP contribution in [0.3, 0.4) is 0 Å². The molecule has 0 spiro atoms. The fourth-order valence-electron chi connectivity index (χ4n) is 2.03. The van der Waals surface area contributed by atoms with E-state index in [9.17, 15) is 9.90 Å². The summed E-state index contributed by atoms with van der Waals surface area (Å²) in [6.45, 7) is 0.423. The Morgan fingerprint density at radius 1 is 1.29 bits per heavy atom. The highest BCUT2D eigenvalue weighted by Gasteiger charge is 2.14. The molecule has 3 rings (SSSR count). The Kier molecular flexibility index (Phi) is 4.32. The van der Waals surface area contributed by atoms with E-state index in [1.54, 1.807) is 36.5 Å². The summed E-state index contributed by atoms with van der Waals surface area (Å²) in [5.41, 5.74) is 1.67. The summed E-state index contributed by atoms with van der Waals surface area (Å²) in [5.74, 6) is -0.578. The first-order chi connectivity index (χ1) is 11.6. The average Bonchev–Trinajstić information content (AvgIpc) is 2.98. The van der Waals surface area contributed by atoms with Gasteiger partial charge in [-0.3, -0.25) is 9.67 Å². The third-order valence-electron chi connectivity index (χ3n) is 3.19. The summed E-state index contributed by atoms with van der Waals surface area (Å²) >= 11 is 0. The Balaban J connectivity index is 1.81. The van der Waals surface area contributed by atoms with E-state index in [2.05, 4.69) is 30.7 Å². The first-order valence-electron chi connectivity index (χ1n) is 7.10. The molecule has 0 saturated heterocycles. The second-order valence-electron chi connectivity index (χ2n) is 5.00. The zero-order valence-electron chi connectivity index (χ0n) is 12.8. The van der Waals surface area contributed by atoms with Gasteiger partial charge in [-0.1, -0.05) is 0 Å². The van der Waals surface area contributed by atoms with Crippen LogP contribution in [0.4, 0.5) is 17.5 Å². The Morgan fingerprint density at radius 3 is 2.75 bits per heavy atom. The molecule has 3 heterocycles. The SMILES string of the molecule is Cn1cc(Nc2ncc(C(=O)O)c(NCc3ccncc3)n2)cn1. The van der Waals surface area contributed by atoms with Crippen LogP contribution in [0.15, 0.2) is 43.1 Å². The van der Waals surface area contributed by atoms with Crippen LogP contribution in [0, 0.1) is 0 Å². The number of hydrogen-bond acceptors (Lipinski definition) is 7. The van der Waals surface area contributed by atoms with Crippen molar-refractivity contribution in [1.82, 2.24) is 24.7 Å². The number of aryl methyl sites for hydroxylation is 1. The van der Waals surface area contributed by atoms with Gasteiger partial charge in [0.15, 0.2) is 0 Å². The number of hydrogen-bond donors (Lipinski definition) is 3. The van der Waals surface area contributed by atoms with Crippen molar-refractivity contribution >= 4 is 23.4 Å². The molecule has 0 aliphatic heterocycles. The van der Waals surface area contributed by atoms with Crippen molar-refractivity contribution in [3.05, 3.63) is 54.2 Å². The third kappa shape index (κ3) is 3.64. The van der Waals surface area contributed by atoms with Gasteiger partial charge in [0.25, 0.3) is 0 Å². The van der Waals surface area contributed by atoms with Crippen molar-refractivity contribution in [3.63, 3.8) is 0 Å². The lowest BCUT2D eigenvalue weighted by atomic mass is 10.2. The van der Waals surface area contributed by atoms with Crippen molar-refractivity contribution in [1.29, 1.82) is 0 Å². The van der Waals surface area contributed by atoms with E-state index in [1.807, 2.05) is 12.1 Å². The van der Waals surface area contributed by atoms with Crippen LogP contribution in [0.25, 0.3) is 0 Å². The minimum Gasteiger partial charge on any atom is -0.477 e. The molecule has 9 heteroatoms. The van der Waals surface area contributed by atoms with Crippen molar-refractivity contribution in [2.45, 2.75) is 6.54 Å². The number of carboxylic acid groups (broad SMARTS) is 1. The molecule has 0 aliphatic rings. The van der Waals surface area contributed by atoms with Crippen LogP contribution in [-0.2, 0) is 13.6 Å². The standard InChI is InChI=1S/C15H15N7O2/c1-22-9-11(7-19-22)20-15-18-8-12(14(23)24)13(21-15)17-6-10-2-4-16-5-3-10/h2-5,7-9H,6H2,1H3,(H,23,24)(H2,17,18,20,21). The quantitative estimate of drug-likeness (QED) is 0.626. The summed E-state index contributed by atoms with van der Waals surface area (Å²) in [4.78, 5) is 23.6. The number of nitrogens with one attached hydrogen (secondary N) is 2. The lowest BCUT2D eigenvalue weighted by Gasteiger charge is -2.10. The van der Waals surface area contributed by atoms with Crippen LogP contribution in [0.5, 0.6) is 0 Å². The highest BCUT2D eigenvalue weighted by Crippen LogP contribution is 2.18. The number of carboxylic acids is 1. The molecule has 0 saturated carbocycles. The second-order valence-corrected chi connectivity index (χ2v) is 5.00. The molecule has 0 bridgehead atoms. The predicted octanol–water partition coefficient (Wildman–Crippen LogP) is 1.66. The van der Waals surface area contributed by atoms with Gasteiger partial charge in [0.2, 0.25) is 5.95 Å². The molecule has 3 aromatic rings. The maximum absolute atomic E-state index is 11.3. The topological polar surface area (TPSA) is 118 Å². The van der Waals surface area contributed by atoms with Gasteiger partial charge in [-0.05, 0) is 17.7 Å². The molecule has 122 valence electrons. The van der Waals surface area contributed by atoms with Crippen molar-refractivity contribution < 1.29 is 9.90 Å². The Labute approximate surface area is 137 Å². The fourth-order valence-corrected chi connectivity index (χ4v) is 2.03. The summed E-state index contributed by atoms with van der Waals surface area (Å²) < 4.78 is 1.64. The Hall–Kier alpha value is -3.49. The van der Waals surface area contributed by atoms with E-state index < -0.39 is 5.97 Å². The molecule has 0 aliphatic carbocycles. The van der Waals surface area contributed by atoms with Gasteiger partial charge >= 0.3 is 5.97 Å². The summed E-state index contributed by atoms with van der Waals surface area (Å²) in [6.07, 6.45) is 8.00. The van der Waals surface area contributed by atoms with E-state index in [0.29, 0.717) is 12.2 Å². The normalized spacial score (nSPS) is 10.4. The van der Waals surface area contributed by atoms with Gasteiger partial charge < -0.3 is 15.7 Å². The van der Waals surface area contributed by atoms with Gasteiger partial charge in [0.05, 0.1) is 11.9 Å². The van der Waals surface area contributed by atoms with Gasteiger partial charge in [-0.15, -0.1) is 0 Å². The molecular weight excluding hydrogens is 310 g/mol. The summed E-state index contributed by atoms with van der Waals surface area (Å²) in [6, 6.07) is 3.67. The second kappa shape index (κ2) is 6.73. The predicted molar refractivity (Wildman–Crippen MR) is 87.0 cm³/mol. The maximum atomic E-state index is 11.3. The Bertz CT molecular complexity index is 848. The average molecular weight is 325 g/mol. The maximum Gasteiger partial charge on any atom is 0.341 e. The third-order valence-corrected chi connectivity index (χ3v) is 3.19. The van der Waals surface area contributed by atoms with Gasteiger partial charge in [-0.25, -0.2) is 9.78 Å². The van der Waals surface area contributed by atoms with Crippen LogP contribution < -0.4 is 10.6 Å². The van der Waals surface area contributed by atoms with Crippen molar-refractivity contribution in [2.24, 2.45) is 7.05 Å². The molecule has 0 atom stereocenters. The lowest BCUT2D eigenvalue weighted by molar-refractivity contribution is 0.0697. The molecule has 0 radical (unpaired) electrons. The molecule has 3 aromatic heterocycles. The molecule has 0 amide bonds. The molecule has 0 aromatic carbocycles. The first-order valence-corrected chi connectivity index (χ1v) is 7.10. The van der Waals surface area contributed by atoms with E-state index in [0.717, 1.165) is 5.56 Å². The van der Waals surface area contributed by atoms with E-state index in [1.165, 1.54) is 6.20 Å². The number of nitrogens with zero attached hydrogens (tertiary/aromatic N) is 5. The molecule has 0 unspecified atom stereocenters. The highest BCUT2D eigenvalue weighted by atomic mass is 16.4. The number of pyridine rings is 1. The molecule has 24 heavy (non-hydrogen) atoms. The van der Waals surface area contributed by atoms with E-state index >= 15 is 0 Å². The van der Waals surface area contributed by atoms with Crippen LogP contribution in [-0.4, -0.2) is 35.8 Å². The van der Waals surface area contributed by atoms with Gasteiger partial charge in [0, 0.05) is 38.4 Å². The zero-order valence-corrected chi connectivity index (χ0v) is 12.8. The van der Waals surface area contributed by atoms with Gasteiger partial charge in [-0.2, -0.15) is 10.1 Å². The van der Waals surface area contributed by atoms with Crippen molar-refractivity contribution in [2.75, 3.05) is 10.6 Å². The fraction of sp³-hybridized carbons (Fsp3) is 0.133. The largest absolute Gasteiger partial charge is 0.477 e. The van der Waals surface area contributed by atoms with E-state index in [4.69, 9.17) is 0 Å². The van der Waals surface area contributed by atoms with Crippen LogP contribution in [0.2, 0.25) is 0 Å². The number of anilines is 3. The number of rotatable bonds is 6.